The van der Waals surface area contributed by atoms with Crippen LogP contribution >= 0.6 is 0 Å². The molecule has 0 bridgehead atoms. The molecule has 0 radical (unpaired) electrons. The van der Waals surface area contributed by atoms with E-state index < -0.39 is 6.10 Å². The lowest BCUT2D eigenvalue weighted by Gasteiger charge is -2.17. The van der Waals surface area contributed by atoms with Crippen LogP contribution in [0.5, 0.6) is 0 Å². The number of β-amino-alcohol motifs (C(OH)–C–C–N with tert-alkyl or cyclic N) is 1. The second kappa shape index (κ2) is 7.05. The monoisotopic (exact) mass is 328 g/mol. The smallest absolute Gasteiger partial charge is 0.321 e. The molecule has 2 heterocycles. The van der Waals surface area contributed by atoms with Gasteiger partial charge in [-0.1, -0.05) is 26.0 Å². The van der Waals surface area contributed by atoms with Gasteiger partial charge in [0, 0.05) is 43.6 Å². The first-order valence-corrected chi connectivity index (χ1v) is 8.37. The van der Waals surface area contributed by atoms with Crippen molar-refractivity contribution in [1.29, 1.82) is 0 Å². The van der Waals surface area contributed by atoms with Crippen LogP contribution < -0.4 is 5.32 Å². The van der Waals surface area contributed by atoms with Crippen LogP contribution in [-0.4, -0.2) is 44.8 Å². The van der Waals surface area contributed by atoms with E-state index in [1.54, 1.807) is 4.90 Å². The Morgan fingerprint density at radius 1 is 1.46 bits per heavy atom. The van der Waals surface area contributed by atoms with Crippen molar-refractivity contribution >= 4 is 11.7 Å². The molecule has 1 aliphatic heterocycles. The lowest BCUT2D eigenvalue weighted by Crippen LogP contribution is -2.33. The van der Waals surface area contributed by atoms with Crippen LogP contribution in [0.2, 0.25) is 0 Å². The number of likely N-dealkylation sites (tertiary alicyclic amines) is 1. The average molecular weight is 328 g/mol. The van der Waals surface area contributed by atoms with Crippen molar-refractivity contribution in [2.45, 2.75) is 38.8 Å². The summed E-state index contributed by atoms with van der Waals surface area (Å²) in [4.78, 5) is 18.3. The summed E-state index contributed by atoms with van der Waals surface area (Å²) in [6.45, 7) is 5.97. The normalized spacial score (nSPS) is 17.5. The number of carbonyl (C=O) groups excluding carboxylic acids is 1. The van der Waals surface area contributed by atoms with Gasteiger partial charge in [0.2, 0.25) is 0 Å². The number of nitrogens with zero attached hydrogens (tertiary/aromatic N) is 3. The van der Waals surface area contributed by atoms with Crippen LogP contribution in [0, 0.1) is 0 Å². The van der Waals surface area contributed by atoms with E-state index in [1.165, 1.54) is 0 Å². The fraction of sp³-hybridized carbons (Fsp3) is 0.444. The first kappa shape index (κ1) is 16.5. The van der Waals surface area contributed by atoms with E-state index in [-0.39, 0.29) is 6.03 Å². The van der Waals surface area contributed by atoms with E-state index in [0.717, 1.165) is 23.6 Å². The fourth-order valence-corrected chi connectivity index (χ4v) is 3.03. The number of anilines is 1. The van der Waals surface area contributed by atoms with Crippen molar-refractivity contribution in [3.63, 3.8) is 0 Å². The zero-order valence-electron chi connectivity index (χ0n) is 14.1. The molecule has 6 nitrogen and oxygen atoms in total. The summed E-state index contributed by atoms with van der Waals surface area (Å²) in [5, 5.41) is 12.5. The van der Waals surface area contributed by atoms with Gasteiger partial charge in [0.15, 0.2) is 0 Å². The van der Waals surface area contributed by atoms with Crippen LogP contribution in [0.25, 0.3) is 0 Å². The fourth-order valence-electron chi connectivity index (χ4n) is 3.03. The standard InChI is InChI=1S/C18H24N4O2/c1-13(2)17-19-7-9-21(17)11-14-4-3-5-15(10-14)20-18(24)22-8-6-16(23)12-22/h3-5,7,9-10,13,16,23H,6,8,11-12H2,1-2H3,(H,20,24)/t16-/m1/s1. The number of rotatable bonds is 4. The molecule has 1 aliphatic rings. The van der Waals surface area contributed by atoms with Gasteiger partial charge in [-0.15, -0.1) is 0 Å². The van der Waals surface area contributed by atoms with Gasteiger partial charge >= 0.3 is 6.03 Å². The third-order valence-electron chi connectivity index (χ3n) is 4.25. The highest BCUT2D eigenvalue weighted by Crippen LogP contribution is 2.17. The first-order chi connectivity index (χ1) is 11.5. The highest BCUT2D eigenvalue weighted by Gasteiger charge is 2.24. The zero-order valence-corrected chi connectivity index (χ0v) is 14.1. The second-order valence-electron chi connectivity index (χ2n) is 6.59. The largest absolute Gasteiger partial charge is 0.391 e. The lowest BCUT2D eigenvalue weighted by atomic mass is 10.1. The number of urea groups is 1. The molecule has 6 heteroatoms. The summed E-state index contributed by atoms with van der Waals surface area (Å²) >= 11 is 0. The molecule has 128 valence electrons. The Bertz CT molecular complexity index is 711. The van der Waals surface area contributed by atoms with Gasteiger partial charge in [0.1, 0.15) is 5.82 Å². The molecule has 1 aromatic carbocycles. The predicted molar refractivity (Wildman–Crippen MR) is 93.1 cm³/mol. The maximum absolute atomic E-state index is 12.2. The van der Waals surface area contributed by atoms with E-state index in [4.69, 9.17) is 0 Å². The van der Waals surface area contributed by atoms with Crippen molar-refractivity contribution in [2.75, 3.05) is 18.4 Å². The molecular formula is C18H24N4O2. The SMILES string of the molecule is CC(C)c1nccn1Cc1cccc(NC(=O)N2CC[C@@H](O)C2)c1. The van der Waals surface area contributed by atoms with Crippen LogP contribution in [0.4, 0.5) is 10.5 Å². The minimum atomic E-state index is -0.405. The Kier molecular flexibility index (Phi) is 4.85. The van der Waals surface area contributed by atoms with Gasteiger partial charge in [-0.05, 0) is 24.1 Å². The van der Waals surface area contributed by atoms with Crippen LogP contribution in [0.15, 0.2) is 36.7 Å². The maximum atomic E-state index is 12.2. The predicted octanol–water partition coefficient (Wildman–Crippen LogP) is 2.65. The molecule has 0 saturated carbocycles. The third-order valence-corrected chi connectivity index (χ3v) is 4.25. The number of carbonyl (C=O) groups is 1. The molecule has 0 aliphatic carbocycles. The number of hydrogen-bond donors (Lipinski definition) is 2. The Labute approximate surface area is 142 Å². The lowest BCUT2D eigenvalue weighted by molar-refractivity contribution is 0.176. The molecule has 1 aromatic heterocycles. The van der Waals surface area contributed by atoms with Crippen LogP contribution in [0.1, 0.15) is 37.6 Å². The van der Waals surface area contributed by atoms with Gasteiger partial charge in [0.25, 0.3) is 0 Å². The maximum Gasteiger partial charge on any atom is 0.321 e. The van der Waals surface area contributed by atoms with E-state index in [0.29, 0.717) is 25.4 Å². The summed E-state index contributed by atoms with van der Waals surface area (Å²) in [6, 6.07) is 7.68. The highest BCUT2D eigenvalue weighted by molar-refractivity contribution is 5.89. The molecule has 3 rings (SSSR count). The van der Waals surface area contributed by atoms with Gasteiger partial charge in [-0.2, -0.15) is 0 Å². The molecular weight excluding hydrogens is 304 g/mol. The number of amides is 2. The number of benzene rings is 1. The molecule has 0 unspecified atom stereocenters. The molecule has 2 N–H and O–H groups in total. The summed E-state index contributed by atoms with van der Waals surface area (Å²) in [6.07, 6.45) is 4.04. The van der Waals surface area contributed by atoms with Crippen molar-refractivity contribution in [3.8, 4) is 0 Å². The van der Waals surface area contributed by atoms with E-state index in [9.17, 15) is 9.90 Å². The number of aliphatic hydroxyl groups excluding tert-OH is 1. The van der Waals surface area contributed by atoms with E-state index in [1.807, 2.05) is 36.7 Å². The van der Waals surface area contributed by atoms with Gasteiger partial charge in [0.05, 0.1) is 6.10 Å². The average Bonchev–Trinajstić information content (AvgIpc) is 3.16. The van der Waals surface area contributed by atoms with Gasteiger partial charge in [-0.3, -0.25) is 0 Å². The number of aliphatic hydroxyl groups is 1. The number of imidazole rings is 1. The quantitative estimate of drug-likeness (QED) is 0.906. The van der Waals surface area contributed by atoms with Gasteiger partial charge < -0.3 is 19.9 Å². The minimum absolute atomic E-state index is 0.158. The number of aromatic nitrogens is 2. The van der Waals surface area contributed by atoms with Crippen molar-refractivity contribution < 1.29 is 9.90 Å². The molecule has 1 fully saturated rings. The number of hydrogen-bond acceptors (Lipinski definition) is 3. The topological polar surface area (TPSA) is 70.4 Å². The zero-order chi connectivity index (χ0) is 17.1. The second-order valence-corrected chi connectivity index (χ2v) is 6.59. The summed E-state index contributed by atoms with van der Waals surface area (Å²) in [5.74, 6) is 1.42. The molecule has 2 amide bonds. The van der Waals surface area contributed by atoms with Crippen LogP contribution in [-0.2, 0) is 6.54 Å². The Morgan fingerprint density at radius 2 is 2.29 bits per heavy atom. The summed E-state index contributed by atoms with van der Waals surface area (Å²) < 4.78 is 2.13. The molecule has 0 spiro atoms. The molecule has 2 aromatic rings. The Hall–Kier alpha value is -2.34. The van der Waals surface area contributed by atoms with Crippen molar-refractivity contribution in [3.05, 3.63) is 48.0 Å². The van der Waals surface area contributed by atoms with Crippen molar-refractivity contribution in [2.24, 2.45) is 0 Å². The third kappa shape index (κ3) is 3.76. The molecule has 1 saturated heterocycles. The Balaban J connectivity index is 1.68. The van der Waals surface area contributed by atoms with E-state index in [2.05, 4.69) is 28.7 Å². The first-order valence-electron chi connectivity index (χ1n) is 8.37. The molecule has 24 heavy (non-hydrogen) atoms. The van der Waals surface area contributed by atoms with Crippen LogP contribution in [0.3, 0.4) is 0 Å². The van der Waals surface area contributed by atoms with Crippen molar-refractivity contribution in [1.82, 2.24) is 14.5 Å². The summed E-state index contributed by atoms with van der Waals surface area (Å²) in [7, 11) is 0. The summed E-state index contributed by atoms with van der Waals surface area (Å²) in [5.41, 5.74) is 1.87. The minimum Gasteiger partial charge on any atom is -0.391 e. The van der Waals surface area contributed by atoms with E-state index >= 15 is 0 Å². The van der Waals surface area contributed by atoms with Gasteiger partial charge in [-0.25, -0.2) is 9.78 Å². The Morgan fingerprint density at radius 3 is 3.00 bits per heavy atom. The highest BCUT2D eigenvalue weighted by atomic mass is 16.3. The number of nitrogens with one attached hydrogen (secondary N) is 1. The molecule has 1 atom stereocenters.